The van der Waals surface area contributed by atoms with Crippen molar-refractivity contribution in [3.05, 3.63) is 29.6 Å². The molecule has 0 radical (unpaired) electrons. The molecular formula is C21H29FN2O3. The summed E-state index contributed by atoms with van der Waals surface area (Å²) in [5.41, 5.74) is 1.05. The van der Waals surface area contributed by atoms with Crippen LogP contribution in [0.4, 0.5) is 10.1 Å². The molecule has 1 unspecified atom stereocenters. The van der Waals surface area contributed by atoms with E-state index >= 15 is 0 Å². The van der Waals surface area contributed by atoms with Crippen molar-refractivity contribution in [1.82, 2.24) is 5.32 Å². The third kappa shape index (κ3) is 5.28. The van der Waals surface area contributed by atoms with Gasteiger partial charge in [0.15, 0.2) is 0 Å². The van der Waals surface area contributed by atoms with E-state index < -0.39 is 11.7 Å². The van der Waals surface area contributed by atoms with Crippen molar-refractivity contribution in [2.75, 3.05) is 24.6 Å². The first kappa shape index (κ1) is 19.8. The fraction of sp³-hybridized carbons (Fsp3) is 0.619. The number of ether oxygens (including phenoxy) is 1. The van der Waals surface area contributed by atoms with Crippen LogP contribution in [0.1, 0.15) is 50.5 Å². The van der Waals surface area contributed by atoms with Crippen molar-refractivity contribution in [3.63, 3.8) is 0 Å². The molecule has 0 aromatic heterocycles. The van der Waals surface area contributed by atoms with Crippen molar-refractivity contribution >= 4 is 17.5 Å². The van der Waals surface area contributed by atoms with Gasteiger partial charge in [0.1, 0.15) is 5.82 Å². The fourth-order valence-corrected chi connectivity index (χ4v) is 3.86. The van der Waals surface area contributed by atoms with E-state index in [1.54, 1.807) is 19.1 Å². The van der Waals surface area contributed by atoms with Crippen molar-refractivity contribution in [3.8, 4) is 0 Å². The van der Waals surface area contributed by atoms with Gasteiger partial charge in [0.25, 0.3) is 0 Å². The van der Waals surface area contributed by atoms with E-state index in [0.29, 0.717) is 19.3 Å². The highest BCUT2D eigenvalue weighted by Gasteiger charge is 2.36. The summed E-state index contributed by atoms with van der Waals surface area (Å²) in [6.07, 6.45) is 7.34. The molecule has 0 spiro atoms. The largest absolute Gasteiger partial charge is 0.378 e. The Balaban J connectivity index is 1.41. The lowest BCUT2D eigenvalue weighted by atomic mass is 9.98. The number of aryl methyl sites for hydroxylation is 1. The van der Waals surface area contributed by atoms with E-state index in [0.717, 1.165) is 24.8 Å². The molecule has 0 bridgehead atoms. The average molecular weight is 376 g/mol. The minimum absolute atomic E-state index is 0.123. The zero-order chi connectivity index (χ0) is 19.2. The molecule has 1 saturated carbocycles. The first-order chi connectivity index (χ1) is 13.0. The van der Waals surface area contributed by atoms with Gasteiger partial charge in [-0.25, -0.2) is 4.39 Å². The molecule has 2 fully saturated rings. The zero-order valence-electron chi connectivity index (χ0n) is 16.0. The molecular weight excluding hydrogens is 347 g/mol. The second-order valence-corrected chi connectivity index (χ2v) is 7.64. The SMILES string of the molecule is Cc1ccc(N2CC(C(=O)NCCCOC3CCCCC3)CC2=O)c(F)c1. The molecule has 6 heteroatoms. The molecule has 1 saturated heterocycles. The Morgan fingerprint density at radius 1 is 1.30 bits per heavy atom. The van der Waals surface area contributed by atoms with E-state index in [1.165, 1.54) is 30.2 Å². The Morgan fingerprint density at radius 3 is 2.81 bits per heavy atom. The number of hydrogen-bond donors (Lipinski definition) is 1. The molecule has 1 aliphatic heterocycles. The maximum Gasteiger partial charge on any atom is 0.227 e. The van der Waals surface area contributed by atoms with E-state index in [2.05, 4.69) is 5.32 Å². The molecule has 1 heterocycles. The number of rotatable bonds is 7. The number of carbonyl (C=O) groups excluding carboxylic acids is 2. The first-order valence-corrected chi connectivity index (χ1v) is 10.0. The van der Waals surface area contributed by atoms with Gasteiger partial charge in [-0.15, -0.1) is 0 Å². The zero-order valence-corrected chi connectivity index (χ0v) is 16.0. The normalized spacial score (nSPS) is 20.9. The predicted octanol–water partition coefficient (Wildman–Crippen LogP) is 3.34. The van der Waals surface area contributed by atoms with Gasteiger partial charge < -0.3 is 15.0 Å². The van der Waals surface area contributed by atoms with Crippen LogP contribution in [-0.4, -0.2) is 37.6 Å². The van der Waals surface area contributed by atoms with Crippen LogP contribution in [0, 0.1) is 18.7 Å². The second-order valence-electron chi connectivity index (χ2n) is 7.64. The van der Waals surface area contributed by atoms with Crippen LogP contribution in [-0.2, 0) is 14.3 Å². The average Bonchev–Trinajstić information content (AvgIpc) is 3.04. The van der Waals surface area contributed by atoms with Gasteiger partial charge in [-0.05, 0) is 43.9 Å². The summed E-state index contributed by atoms with van der Waals surface area (Å²) < 4.78 is 20.0. The molecule has 27 heavy (non-hydrogen) atoms. The summed E-state index contributed by atoms with van der Waals surface area (Å²) >= 11 is 0. The van der Waals surface area contributed by atoms with Crippen molar-refractivity contribution in [1.29, 1.82) is 0 Å². The van der Waals surface area contributed by atoms with Crippen LogP contribution in [0.5, 0.6) is 0 Å². The summed E-state index contributed by atoms with van der Waals surface area (Å²) in [7, 11) is 0. The van der Waals surface area contributed by atoms with E-state index in [9.17, 15) is 14.0 Å². The molecule has 1 aromatic rings. The number of anilines is 1. The number of halogens is 1. The lowest BCUT2D eigenvalue weighted by Gasteiger charge is -2.22. The Morgan fingerprint density at radius 2 is 2.07 bits per heavy atom. The van der Waals surface area contributed by atoms with Gasteiger partial charge in [-0.3, -0.25) is 9.59 Å². The molecule has 1 aliphatic carbocycles. The third-order valence-electron chi connectivity index (χ3n) is 5.42. The number of benzene rings is 1. The van der Waals surface area contributed by atoms with Crippen LogP contribution in [0.2, 0.25) is 0 Å². The van der Waals surface area contributed by atoms with Crippen LogP contribution in [0.25, 0.3) is 0 Å². The molecule has 1 N–H and O–H groups in total. The van der Waals surface area contributed by atoms with E-state index in [1.807, 2.05) is 0 Å². The molecule has 3 rings (SSSR count). The summed E-state index contributed by atoms with van der Waals surface area (Å²) in [4.78, 5) is 26.0. The van der Waals surface area contributed by atoms with Gasteiger partial charge >= 0.3 is 0 Å². The van der Waals surface area contributed by atoms with Crippen molar-refractivity contribution in [2.24, 2.45) is 5.92 Å². The Bertz CT molecular complexity index is 673. The number of hydrogen-bond acceptors (Lipinski definition) is 3. The lowest BCUT2D eigenvalue weighted by Crippen LogP contribution is -2.34. The van der Waals surface area contributed by atoms with Crippen LogP contribution >= 0.6 is 0 Å². The summed E-state index contributed by atoms with van der Waals surface area (Å²) in [5, 5.41) is 2.89. The van der Waals surface area contributed by atoms with Crippen LogP contribution < -0.4 is 10.2 Å². The Hall–Kier alpha value is -1.95. The second kappa shape index (κ2) is 9.31. The summed E-state index contributed by atoms with van der Waals surface area (Å²) in [5.74, 6) is -1.21. The maximum absolute atomic E-state index is 14.1. The van der Waals surface area contributed by atoms with Gasteiger partial charge in [0.05, 0.1) is 17.7 Å². The van der Waals surface area contributed by atoms with Gasteiger partial charge in [-0.2, -0.15) is 0 Å². The summed E-state index contributed by atoms with van der Waals surface area (Å²) in [6.45, 7) is 3.21. The monoisotopic (exact) mass is 376 g/mol. The number of carbonyl (C=O) groups is 2. The summed E-state index contributed by atoms with van der Waals surface area (Å²) in [6, 6.07) is 4.78. The molecule has 5 nitrogen and oxygen atoms in total. The molecule has 1 atom stereocenters. The van der Waals surface area contributed by atoms with Crippen molar-refractivity contribution < 1.29 is 18.7 Å². The standard InChI is InChI=1S/C21H29FN2O3/c1-15-8-9-19(18(22)12-15)24-14-16(13-20(24)25)21(26)23-10-5-11-27-17-6-3-2-4-7-17/h8-9,12,16-17H,2-7,10-11,13-14H2,1H3,(H,23,26). The van der Waals surface area contributed by atoms with Gasteiger partial charge in [-0.1, -0.05) is 25.3 Å². The number of nitrogens with one attached hydrogen (secondary N) is 1. The lowest BCUT2D eigenvalue weighted by molar-refractivity contribution is -0.126. The number of amides is 2. The highest BCUT2D eigenvalue weighted by molar-refractivity contribution is 6.00. The van der Waals surface area contributed by atoms with Crippen molar-refractivity contribution in [2.45, 2.75) is 58.0 Å². The highest BCUT2D eigenvalue weighted by atomic mass is 19.1. The first-order valence-electron chi connectivity index (χ1n) is 10.0. The van der Waals surface area contributed by atoms with E-state index in [-0.39, 0.29) is 30.5 Å². The fourth-order valence-electron chi connectivity index (χ4n) is 3.86. The van der Waals surface area contributed by atoms with Gasteiger partial charge in [0.2, 0.25) is 11.8 Å². The molecule has 2 aliphatic rings. The smallest absolute Gasteiger partial charge is 0.227 e. The van der Waals surface area contributed by atoms with E-state index in [4.69, 9.17) is 4.74 Å². The minimum Gasteiger partial charge on any atom is -0.378 e. The van der Waals surface area contributed by atoms with Gasteiger partial charge in [0, 0.05) is 26.1 Å². The third-order valence-corrected chi connectivity index (χ3v) is 5.42. The number of nitrogens with zero attached hydrogens (tertiary/aromatic N) is 1. The maximum atomic E-state index is 14.1. The quantitative estimate of drug-likeness (QED) is 0.743. The molecule has 2 amide bonds. The predicted molar refractivity (Wildman–Crippen MR) is 102 cm³/mol. The molecule has 148 valence electrons. The Kier molecular flexibility index (Phi) is 6.83. The van der Waals surface area contributed by atoms with Crippen LogP contribution in [0.3, 0.4) is 0 Å². The highest BCUT2D eigenvalue weighted by Crippen LogP contribution is 2.28. The van der Waals surface area contributed by atoms with Crippen LogP contribution in [0.15, 0.2) is 18.2 Å². The Labute approximate surface area is 160 Å². The topological polar surface area (TPSA) is 58.6 Å². The molecule has 1 aromatic carbocycles. The minimum atomic E-state index is -0.433.